The fourth-order valence-electron chi connectivity index (χ4n) is 2.62. The molecule has 0 heterocycles. The summed E-state index contributed by atoms with van der Waals surface area (Å²) in [6, 6.07) is 14.3. The van der Waals surface area contributed by atoms with E-state index in [4.69, 9.17) is 11.6 Å². The first kappa shape index (κ1) is 17.3. The molecule has 0 bridgehead atoms. The fraction of sp³-hybridized carbons (Fsp3) is 0.0476. The second kappa shape index (κ2) is 7.16. The minimum atomic E-state index is -0.917. The number of benzene rings is 3. The van der Waals surface area contributed by atoms with Gasteiger partial charge < -0.3 is 0 Å². The fourth-order valence-corrected chi connectivity index (χ4v) is 2.73. The number of allylic oxidation sites excluding steroid dienone is 1. The van der Waals surface area contributed by atoms with E-state index < -0.39 is 22.5 Å². The quantitative estimate of drug-likeness (QED) is 0.437. The van der Waals surface area contributed by atoms with E-state index in [-0.39, 0.29) is 11.1 Å². The van der Waals surface area contributed by atoms with Crippen LogP contribution in [-0.2, 0) is 0 Å². The van der Waals surface area contributed by atoms with Crippen LogP contribution in [-0.4, -0.2) is 0 Å². The zero-order chi connectivity index (χ0) is 18.0. The Kier molecular flexibility index (Phi) is 4.95. The van der Waals surface area contributed by atoms with Gasteiger partial charge in [-0.1, -0.05) is 60.2 Å². The van der Waals surface area contributed by atoms with Crippen molar-refractivity contribution in [3.05, 3.63) is 88.7 Å². The summed E-state index contributed by atoms with van der Waals surface area (Å²) in [7, 11) is 0. The van der Waals surface area contributed by atoms with Crippen molar-refractivity contribution in [2.24, 2.45) is 0 Å². The van der Waals surface area contributed by atoms with Crippen molar-refractivity contribution in [1.82, 2.24) is 0 Å². The van der Waals surface area contributed by atoms with Crippen molar-refractivity contribution in [2.45, 2.75) is 6.92 Å². The summed E-state index contributed by atoms with van der Waals surface area (Å²) in [4.78, 5) is 0. The van der Waals surface area contributed by atoms with Gasteiger partial charge in [0.1, 0.15) is 22.5 Å². The molecule has 0 aliphatic heterocycles. The highest BCUT2D eigenvalue weighted by Gasteiger charge is 2.13. The monoisotopic (exact) mass is 358 g/mol. The standard InChI is InChI=1S/C21H14ClF3/c1-2-3-13-4-6-14(7-5-13)15-8-9-17(18(23)10-15)16-11-19(24)21(22)20(25)12-16/h2-12H,1H3. The molecule has 0 aliphatic rings. The van der Waals surface area contributed by atoms with Gasteiger partial charge in [-0.2, -0.15) is 0 Å². The predicted octanol–water partition coefficient (Wildman–Crippen LogP) is 7.12. The molecule has 126 valence electrons. The highest BCUT2D eigenvalue weighted by atomic mass is 35.5. The summed E-state index contributed by atoms with van der Waals surface area (Å²) in [5, 5.41) is -0.595. The van der Waals surface area contributed by atoms with Crippen LogP contribution >= 0.6 is 11.6 Å². The SMILES string of the molecule is CC=Cc1ccc(-c2ccc(-c3cc(F)c(Cl)c(F)c3)c(F)c2)cc1. The molecule has 0 saturated heterocycles. The maximum absolute atomic E-state index is 14.5. The summed E-state index contributed by atoms with van der Waals surface area (Å²) < 4.78 is 41.7. The molecule has 0 unspecified atom stereocenters. The van der Waals surface area contributed by atoms with Crippen LogP contribution in [0.2, 0.25) is 5.02 Å². The van der Waals surface area contributed by atoms with Crippen LogP contribution in [0.15, 0.2) is 60.7 Å². The molecule has 0 N–H and O–H groups in total. The minimum absolute atomic E-state index is 0.104. The maximum atomic E-state index is 14.5. The highest BCUT2D eigenvalue weighted by molar-refractivity contribution is 6.31. The van der Waals surface area contributed by atoms with Crippen LogP contribution in [0, 0.1) is 17.5 Å². The second-order valence-corrected chi connectivity index (χ2v) is 5.95. The van der Waals surface area contributed by atoms with Crippen LogP contribution in [0.25, 0.3) is 28.3 Å². The first-order valence-electron chi connectivity index (χ1n) is 7.67. The lowest BCUT2D eigenvalue weighted by Crippen LogP contribution is -1.91. The minimum Gasteiger partial charge on any atom is -0.206 e. The Labute approximate surface area is 149 Å². The van der Waals surface area contributed by atoms with E-state index in [0.29, 0.717) is 5.56 Å². The van der Waals surface area contributed by atoms with Gasteiger partial charge in [0, 0.05) is 5.56 Å². The normalized spacial score (nSPS) is 11.2. The van der Waals surface area contributed by atoms with Gasteiger partial charge in [-0.05, 0) is 47.4 Å². The van der Waals surface area contributed by atoms with Gasteiger partial charge in [0.05, 0.1) is 0 Å². The molecule has 3 aromatic rings. The Bertz CT molecular complexity index is 921. The molecular formula is C21H14ClF3. The van der Waals surface area contributed by atoms with Crippen LogP contribution in [0.3, 0.4) is 0 Å². The Morgan fingerprint density at radius 3 is 1.84 bits per heavy atom. The third kappa shape index (κ3) is 3.62. The van der Waals surface area contributed by atoms with E-state index in [2.05, 4.69) is 0 Å². The van der Waals surface area contributed by atoms with Gasteiger partial charge >= 0.3 is 0 Å². The van der Waals surface area contributed by atoms with Gasteiger partial charge in [0.25, 0.3) is 0 Å². The van der Waals surface area contributed by atoms with Crippen molar-refractivity contribution in [2.75, 3.05) is 0 Å². The van der Waals surface area contributed by atoms with Crippen LogP contribution in [0.5, 0.6) is 0 Å². The van der Waals surface area contributed by atoms with Gasteiger partial charge in [-0.15, -0.1) is 0 Å². The van der Waals surface area contributed by atoms with E-state index in [0.717, 1.165) is 23.3 Å². The van der Waals surface area contributed by atoms with E-state index in [1.807, 2.05) is 43.3 Å². The molecule has 0 saturated carbocycles. The highest BCUT2D eigenvalue weighted by Crippen LogP contribution is 2.31. The van der Waals surface area contributed by atoms with Gasteiger partial charge in [-0.25, -0.2) is 13.2 Å². The lowest BCUT2D eigenvalue weighted by Gasteiger charge is -2.08. The number of halogens is 4. The van der Waals surface area contributed by atoms with Crippen LogP contribution in [0.4, 0.5) is 13.2 Å². The van der Waals surface area contributed by atoms with Gasteiger partial charge in [0.2, 0.25) is 0 Å². The van der Waals surface area contributed by atoms with E-state index >= 15 is 0 Å². The Morgan fingerprint density at radius 1 is 0.720 bits per heavy atom. The number of rotatable bonds is 3. The van der Waals surface area contributed by atoms with Gasteiger partial charge in [0.15, 0.2) is 0 Å². The average molecular weight is 359 g/mol. The first-order chi connectivity index (χ1) is 12.0. The Morgan fingerprint density at radius 2 is 1.28 bits per heavy atom. The summed E-state index contributed by atoms with van der Waals surface area (Å²) in [6.07, 6.45) is 3.91. The number of hydrogen-bond acceptors (Lipinski definition) is 0. The van der Waals surface area contributed by atoms with Gasteiger partial charge in [-0.3, -0.25) is 0 Å². The zero-order valence-electron chi connectivity index (χ0n) is 13.4. The van der Waals surface area contributed by atoms with Crippen LogP contribution < -0.4 is 0 Å². The molecule has 0 spiro atoms. The molecule has 0 nitrogen and oxygen atoms in total. The number of hydrogen-bond donors (Lipinski definition) is 0. The molecule has 0 aliphatic carbocycles. The molecule has 4 heteroatoms. The maximum Gasteiger partial charge on any atom is 0.145 e. The van der Waals surface area contributed by atoms with Crippen molar-refractivity contribution in [3.8, 4) is 22.3 Å². The molecule has 0 aromatic heterocycles. The molecule has 3 aromatic carbocycles. The van der Waals surface area contributed by atoms with Crippen LogP contribution in [0.1, 0.15) is 12.5 Å². The summed E-state index contributed by atoms with van der Waals surface area (Å²) in [5.74, 6) is -2.39. The predicted molar refractivity (Wildman–Crippen MR) is 96.9 cm³/mol. The first-order valence-corrected chi connectivity index (χ1v) is 8.05. The lowest BCUT2D eigenvalue weighted by atomic mass is 9.98. The topological polar surface area (TPSA) is 0 Å². The second-order valence-electron chi connectivity index (χ2n) is 5.57. The Hall–Kier alpha value is -2.52. The Balaban J connectivity index is 1.98. The molecule has 0 amide bonds. The smallest absolute Gasteiger partial charge is 0.145 e. The summed E-state index contributed by atoms with van der Waals surface area (Å²) in [6.45, 7) is 1.93. The largest absolute Gasteiger partial charge is 0.206 e. The molecule has 25 heavy (non-hydrogen) atoms. The van der Waals surface area contributed by atoms with Crippen molar-refractivity contribution < 1.29 is 13.2 Å². The molecule has 0 radical (unpaired) electrons. The van der Waals surface area contributed by atoms with E-state index in [9.17, 15) is 13.2 Å². The summed E-state index contributed by atoms with van der Waals surface area (Å²) in [5.41, 5.74) is 2.81. The zero-order valence-corrected chi connectivity index (χ0v) is 14.1. The third-order valence-electron chi connectivity index (χ3n) is 3.87. The molecular weight excluding hydrogens is 345 g/mol. The molecule has 3 rings (SSSR count). The van der Waals surface area contributed by atoms with Crippen molar-refractivity contribution in [1.29, 1.82) is 0 Å². The average Bonchev–Trinajstić information content (AvgIpc) is 2.60. The molecule has 0 atom stereocenters. The third-order valence-corrected chi connectivity index (χ3v) is 4.23. The van der Waals surface area contributed by atoms with Crippen molar-refractivity contribution in [3.63, 3.8) is 0 Å². The molecule has 0 fully saturated rings. The lowest BCUT2D eigenvalue weighted by molar-refractivity contribution is 0.584. The van der Waals surface area contributed by atoms with E-state index in [1.54, 1.807) is 6.07 Å². The van der Waals surface area contributed by atoms with E-state index in [1.165, 1.54) is 12.1 Å². The van der Waals surface area contributed by atoms with Crippen molar-refractivity contribution >= 4 is 17.7 Å². The summed E-state index contributed by atoms with van der Waals surface area (Å²) >= 11 is 5.47.